The number of hydrogen-bond donors (Lipinski definition) is 2. The molecule has 2 atom stereocenters. The van der Waals surface area contributed by atoms with Crippen LogP contribution in [0.1, 0.15) is 38.3 Å². The molecular formula is C14H20F3N3. The SMILES string of the molecule is CC1CCCCC1CNc1cc(C(F)(F)F)ncc1N. The van der Waals surface area contributed by atoms with E-state index in [9.17, 15) is 13.2 Å². The minimum Gasteiger partial charge on any atom is -0.396 e. The third kappa shape index (κ3) is 3.55. The predicted molar refractivity (Wildman–Crippen MR) is 73.3 cm³/mol. The van der Waals surface area contributed by atoms with Crippen LogP contribution in [-0.2, 0) is 6.18 Å². The van der Waals surface area contributed by atoms with E-state index in [0.717, 1.165) is 18.7 Å². The van der Waals surface area contributed by atoms with E-state index in [1.807, 2.05) is 0 Å². The first kappa shape index (κ1) is 14.9. The Balaban J connectivity index is 2.05. The highest BCUT2D eigenvalue weighted by Crippen LogP contribution is 2.33. The first-order valence-electron chi connectivity index (χ1n) is 6.94. The summed E-state index contributed by atoms with van der Waals surface area (Å²) in [7, 11) is 0. The zero-order chi connectivity index (χ0) is 14.8. The second-order valence-corrected chi connectivity index (χ2v) is 5.56. The van der Waals surface area contributed by atoms with Crippen molar-refractivity contribution in [2.75, 3.05) is 17.6 Å². The number of nitrogens with zero attached hydrogens (tertiary/aromatic N) is 1. The topological polar surface area (TPSA) is 50.9 Å². The van der Waals surface area contributed by atoms with Gasteiger partial charge in [0.2, 0.25) is 0 Å². The van der Waals surface area contributed by atoms with Gasteiger partial charge in [-0.3, -0.25) is 0 Å². The molecule has 2 unspecified atom stereocenters. The van der Waals surface area contributed by atoms with Crippen molar-refractivity contribution in [1.82, 2.24) is 4.98 Å². The van der Waals surface area contributed by atoms with E-state index < -0.39 is 11.9 Å². The van der Waals surface area contributed by atoms with Gasteiger partial charge in [0.15, 0.2) is 0 Å². The molecule has 1 heterocycles. The molecule has 0 aliphatic heterocycles. The lowest BCUT2D eigenvalue weighted by Crippen LogP contribution is -2.24. The van der Waals surface area contributed by atoms with Gasteiger partial charge in [-0.2, -0.15) is 13.2 Å². The zero-order valence-corrected chi connectivity index (χ0v) is 11.5. The van der Waals surface area contributed by atoms with Crippen LogP contribution in [0.15, 0.2) is 12.3 Å². The minimum absolute atomic E-state index is 0.251. The van der Waals surface area contributed by atoms with Crippen molar-refractivity contribution in [2.45, 2.75) is 38.8 Å². The van der Waals surface area contributed by atoms with Gasteiger partial charge in [0.25, 0.3) is 0 Å². The molecule has 1 aromatic rings. The van der Waals surface area contributed by atoms with Crippen LogP contribution in [0.5, 0.6) is 0 Å². The Labute approximate surface area is 116 Å². The smallest absolute Gasteiger partial charge is 0.396 e. The van der Waals surface area contributed by atoms with Gasteiger partial charge in [0.05, 0.1) is 17.6 Å². The molecule has 1 saturated carbocycles. The first-order valence-corrected chi connectivity index (χ1v) is 6.94. The molecule has 0 amide bonds. The average Bonchev–Trinajstić information content (AvgIpc) is 2.38. The van der Waals surface area contributed by atoms with E-state index in [4.69, 9.17) is 5.73 Å². The molecule has 1 aliphatic rings. The summed E-state index contributed by atoms with van der Waals surface area (Å²) in [5.74, 6) is 1.09. The van der Waals surface area contributed by atoms with Crippen molar-refractivity contribution < 1.29 is 13.2 Å². The predicted octanol–water partition coefficient (Wildman–Crippen LogP) is 3.92. The highest BCUT2D eigenvalue weighted by Gasteiger charge is 2.33. The monoisotopic (exact) mass is 287 g/mol. The highest BCUT2D eigenvalue weighted by molar-refractivity contribution is 5.65. The Kier molecular flexibility index (Phi) is 4.40. The van der Waals surface area contributed by atoms with Crippen molar-refractivity contribution >= 4 is 11.4 Å². The number of nitrogen functional groups attached to an aromatic ring is 1. The van der Waals surface area contributed by atoms with E-state index in [1.165, 1.54) is 19.3 Å². The first-order chi connectivity index (χ1) is 9.38. The summed E-state index contributed by atoms with van der Waals surface area (Å²) in [5.41, 5.74) is 5.35. The number of nitrogens with one attached hydrogen (secondary N) is 1. The van der Waals surface area contributed by atoms with Crippen LogP contribution in [0.25, 0.3) is 0 Å². The van der Waals surface area contributed by atoms with Crippen LogP contribution >= 0.6 is 0 Å². The summed E-state index contributed by atoms with van der Waals surface area (Å²) in [4.78, 5) is 3.33. The quantitative estimate of drug-likeness (QED) is 0.886. The van der Waals surface area contributed by atoms with Gasteiger partial charge in [0, 0.05) is 6.54 Å². The van der Waals surface area contributed by atoms with Crippen molar-refractivity contribution in [1.29, 1.82) is 0 Å². The van der Waals surface area contributed by atoms with E-state index in [0.29, 0.717) is 24.1 Å². The van der Waals surface area contributed by atoms with Gasteiger partial charge in [-0.05, 0) is 24.3 Å². The van der Waals surface area contributed by atoms with Crippen molar-refractivity contribution in [3.63, 3.8) is 0 Å². The van der Waals surface area contributed by atoms with E-state index >= 15 is 0 Å². The maximum atomic E-state index is 12.6. The number of rotatable bonds is 3. The molecule has 3 N–H and O–H groups in total. The maximum Gasteiger partial charge on any atom is 0.433 e. The van der Waals surface area contributed by atoms with Crippen molar-refractivity contribution in [3.05, 3.63) is 18.0 Å². The number of nitrogens with two attached hydrogens (primary N) is 1. The van der Waals surface area contributed by atoms with Crippen LogP contribution in [0.4, 0.5) is 24.5 Å². The molecule has 2 rings (SSSR count). The fourth-order valence-electron chi connectivity index (χ4n) is 2.71. The summed E-state index contributed by atoms with van der Waals surface area (Å²) in [5, 5.41) is 3.06. The molecule has 1 aromatic heterocycles. The van der Waals surface area contributed by atoms with E-state index in [2.05, 4.69) is 17.2 Å². The Bertz CT molecular complexity index is 459. The minimum atomic E-state index is -4.44. The molecule has 1 aliphatic carbocycles. The van der Waals surface area contributed by atoms with Gasteiger partial charge in [-0.1, -0.05) is 26.2 Å². The largest absolute Gasteiger partial charge is 0.433 e. The summed E-state index contributed by atoms with van der Waals surface area (Å²) in [6.07, 6.45) is 1.36. The maximum absolute atomic E-state index is 12.6. The molecule has 0 radical (unpaired) electrons. The standard InChI is InChI=1S/C14H20F3N3/c1-9-4-2-3-5-10(9)7-19-12-6-13(14(15,16)17)20-8-11(12)18/h6,8-10H,2-5,7,18H2,1H3,(H,19,20). The van der Waals surface area contributed by atoms with Crippen LogP contribution < -0.4 is 11.1 Å². The normalized spacial score (nSPS) is 23.6. The number of pyridine rings is 1. The second kappa shape index (κ2) is 5.89. The van der Waals surface area contributed by atoms with Gasteiger partial charge in [0.1, 0.15) is 5.69 Å². The second-order valence-electron chi connectivity index (χ2n) is 5.56. The molecule has 112 valence electrons. The number of aromatic nitrogens is 1. The Morgan fingerprint density at radius 1 is 1.35 bits per heavy atom. The fraction of sp³-hybridized carbons (Fsp3) is 0.643. The Morgan fingerprint density at radius 3 is 2.70 bits per heavy atom. The molecular weight excluding hydrogens is 267 g/mol. The van der Waals surface area contributed by atoms with Crippen molar-refractivity contribution in [3.8, 4) is 0 Å². The number of anilines is 2. The molecule has 0 saturated heterocycles. The lowest BCUT2D eigenvalue weighted by atomic mass is 9.80. The molecule has 6 heteroatoms. The summed E-state index contributed by atoms with van der Waals surface area (Å²) < 4.78 is 37.9. The lowest BCUT2D eigenvalue weighted by molar-refractivity contribution is -0.141. The highest BCUT2D eigenvalue weighted by atomic mass is 19.4. The summed E-state index contributed by atoms with van der Waals surface area (Å²) in [6.45, 7) is 2.86. The lowest BCUT2D eigenvalue weighted by Gasteiger charge is -2.29. The van der Waals surface area contributed by atoms with Gasteiger partial charge >= 0.3 is 6.18 Å². The molecule has 3 nitrogen and oxygen atoms in total. The van der Waals surface area contributed by atoms with Crippen LogP contribution in [-0.4, -0.2) is 11.5 Å². The molecule has 0 aromatic carbocycles. The fourth-order valence-corrected chi connectivity index (χ4v) is 2.71. The molecule has 0 bridgehead atoms. The third-order valence-electron chi connectivity index (χ3n) is 4.07. The van der Waals surface area contributed by atoms with Gasteiger partial charge in [-0.25, -0.2) is 4.98 Å². The average molecular weight is 287 g/mol. The molecule has 20 heavy (non-hydrogen) atoms. The van der Waals surface area contributed by atoms with Gasteiger partial charge in [-0.15, -0.1) is 0 Å². The molecule has 1 fully saturated rings. The van der Waals surface area contributed by atoms with Crippen molar-refractivity contribution in [2.24, 2.45) is 11.8 Å². The number of hydrogen-bond acceptors (Lipinski definition) is 3. The van der Waals surface area contributed by atoms with E-state index in [1.54, 1.807) is 0 Å². The van der Waals surface area contributed by atoms with Crippen LogP contribution in [0, 0.1) is 11.8 Å². The Morgan fingerprint density at radius 2 is 2.05 bits per heavy atom. The summed E-state index contributed by atoms with van der Waals surface area (Å²) in [6, 6.07) is 0.989. The van der Waals surface area contributed by atoms with Crippen LogP contribution in [0.3, 0.4) is 0 Å². The van der Waals surface area contributed by atoms with E-state index in [-0.39, 0.29) is 5.69 Å². The summed E-state index contributed by atoms with van der Waals surface area (Å²) >= 11 is 0. The number of alkyl halides is 3. The van der Waals surface area contributed by atoms with Crippen LogP contribution in [0.2, 0.25) is 0 Å². The Hall–Kier alpha value is -1.46. The third-order valence-corrected chi connectivity index (χ3v) is 4.07. The number of halogens is 3. The molecule has 0 spiro atoms. The zero-order valence-electron chi connectivity index (χ0n) is 11.5. The van der Waals surface area contributed by atoms with Gasteiger partial charge < -0.3 is 11.1 Å².